The largest absolute Gasteiger partial charge is 0.478 e. The van der Waals surface area contributed by atoms with E-state index in [1.165, 1.54) is 0 Å². The number of hydrogen-bond acceptors (Lipinski definition) is 4. The molecular formula is C12H8FN3O5. The summed E-state index contributed by atoms with van der Waals surface area (Å²) in [5.41, 5.74) is -2.67. The van der Waals surface area contributed by atoms with Gasteiger partial charge in [0.1, 0.15) is 11.5 Å². The fourth-order valence-electron chi connectivity index (χ4n) is 1.58. The van der Waals surface area contributed by atoms with Crippen molar-refractivity contribution in [3.8, 4) is 0 Å². The number of halogens is 1. The fraction of sp³-hybridized carbons (Fsp3) is 0. The van der Waals surface area contributed by atoms with Gasteiger partial charge < -0.3 is 15.4 Å². The molecule has 0 aliphatic carbocycles. The molecule has 9 heteroatoms. The van der Waals surface area contributed by atoms with Crippen LogP contribution in [0.4, 0.5) is 10.1 Å². The normalized spacial score (nSPS) is 10.1. The van der Waals surface area contributed by atoms with Gasteiger partial charge in [0.2, 0.25) is 0 Å². The number of aromatic carboxylic acids is 1. The lowest BCUT2D eigenvalue weighted by molar-refractivity contribution is 0.0697. The second-order valence-corrected chi connectivity index (χ2v) is 3.95. The molecule has 1 heterocycles. The fourth-order valence-corrected chi connectivity index (χ4v) is 1.58. The molecule has 0 aliphatic rings. The van der Waals surface area contributed by atoms with Crippen LogP contribution in [0, 0.1) is 5.82 Å². The molecule has 21 heavy (non-hydrogen) atoms. The van der Waals surface area contributed by atoms with Crippen molar-refractivity contribution in [1.82, 2.24) is 9.97 Å². The van der Waals surface area contributed by atoms with Gasteiger partial charge >= 0.3 is 11.7 Å². The standard InChI is InChI=1S/C12H8FN3O5/c13-5-1-2-7(6(3-5)11(19)20)14-10(18)8-4-9(17)16-12(21)15-8/h1-4H,(H,14,18)(H,19,20)(H2,15,16,17,21). The topological polar surface area (TPSA) is 132 Å². The Morgan fingerprint density at radius 3 is 2.48 bits per heavy atom. The summed E-state index contributed by atoms with van der Waals surface area (Å²) >= 11 is 0. The predicted molar refractivity (Wildman–Crippen MR) is 69.0 cm³/mol. The molecule has 108 valence electrons. The first kappa shape index (κ1) is 14.2. The van der Waals surface area contributed by atoms with Crippen molar-refractivity contribution in [2.24, 2.45) is 0 Å². The van der Waals surface area contributed by atoms with Crippen molar-refractivity contribution in [1.29, 1.82) is 0 Å². The second-order valence-electron chi connectivity index (χ2n) is 3.95. The van der Waals surface area contributed by atoms with E-state index in [2.05, 4.69) is 10.3 Å². The van der Waals surface area contributed by atoms with E-state index in [-0.39, 0.29) is 11.4 Å². The van der Waals surface area contributed by atoms with Gasteiger partial charge in [-0.05, 0) is 18.2 Å². The molecule has 1 amide bonds. The number of H-pyrrole nitrogens is 2. The third kappa shape index (κ3) is 3.21. The van der Waals surface area contributed by atoms with Gasteiger partial charge in [0, 0.05) is 6.07 Å². The smallest absolute Gasteiger partial charge is 0.337 e. The Morgan fingerprint density at radius 1 is 1.14 bits per heavy atom. The first-order valence-corrected chi connectivity index (χ1v) is 5.54. The summed E-state index contributed by atoms with van der Waals surface area (Å²) in [7, 11) is 0. The molecule has 0 unspecified atom stereocenters. The van der Waals surface area contributed by atoms with Crippen LogP contribution in [-0.4, -0.2) is 27.0 Å². The van der Waals surface area contributed by atoms with Crippen LogP contribution in [0.15, 0.2) is 33.9 Å². The summed E-state index contributed by atoms with van der Waals surface area (Å²) in [6.45, 7) is 0. The molecule has 1 aromatic carbocycles. The van der Waals surface area contributed by atoms with E-state index in [4.69, 9.17) is 5.11 Å². The second kappa shape index (κ2) is 5.41. The van der Waals surface area contributed by atoms with Gasteiger partial charge in [-0.2, -0.15) is 0 Å². The van der Waals surface area contributed by atoms with Gasteiger partial charge in [-0.1, -0.05) is 0 Å². The highest BCUT2D eigenvalue weighted by Crippen LogP contribution is 2.17. The molecule has 0 saturated heterocycles. The number of aromatic amines is 2. The first-order valence-electron chi connectivity index (χ1n) is 5.54. The van der Waals surface area contributed by atoms with E-state index in [1.807, 2.05) is 4.98 Å². The maximum absolute atomic E-state index is 13.0. The lowest BCUT2D eigenvalue weighted by atomic mass is 10.1. The first-order chi connectivity index (χ1) is 9.86. The minimum Gasteiger partial charge on any atom is -0.478 e. The van der Waals surface area contributed by atoms with Gasteiger partial charge in [-0.15, -0.1) is 0 Å². The summed E-state index contributed by atoms with van der Waals surface area (Å²) < 4.78 is 13.0. The number of carbonyl (C=O) groups is 2. The zero-order chi connectivity index (χ0) is 15.6. The van der Waals surface area contributed by atoms with E-state index in [9.17, 15) is 23.6 Å². The molecular weight excluding hydrogens is 285 g/mol. The van der Waals surface area contributed by atoms with E-state index in [1.54, 1.807) is 0 Å². The summed E-state index contributed by atoms with van der Waals surface area (Å²) in [5.74, 6) is -3.13. The number of nitrogens with one attached hydrogen (secondary N) is 3. The minimum absolute atomic E-state index is 0.171. The van der Waals surface area contributed by atoms with Crippen LogP contribution in [0.2, 0.25) is 0 Å². The Morgan fingerprint density at radius 2 is 1.86 bits per heavy atom. The van der Waals surface area contributed by atoms with Crippen molar-refractivity contribution in [2.75, 3.05) is 5.32 Å². The number of amides is 1. The zero-order valence-electron chi connectivity index (χ0n) is 10.3. The van der Waals surface area contributed by atoms with Crippen LogP contribution in [0.25, 0.3) is 0 Å². The summed E-state index contributed by atoms with van der Waals surface area (Å²) in [6.07, 6.45) is 0. The van der Waals surface area contributed by atoms with Crippen molar-refractivity contribution in [3.63, 3.8) is 0 Å². The third-order valence-electron chi connectivity index (χ3n) is 2.47. The van der Waals surface area contributed by atoms with Gasteiger partial charge in [-0.3, -0.25) is 14.6 Å². The molecule has 0 spiro atoms. The number of carbonyl (C=O) groups excluding carboxylic acids is 1. The highest BCUT2D eigenvalue weighted by atomic mass is 19.1. The monoisotopic (exact) mass is 293 g/mol. The Labute approximate surface area is 115 Å². The van der Waals surface area contributed by atoms with E-state index >= 15 is 0 Å². The van der Waals surface area contributed by atoms with Crippen molar-refractivity contribution in [3.05, 3.63) is 62.2 Å². The molecule has 0 atom stereocenters. The summed E-state index contributed by atoms with van der Waals surface area (Å²) in [5, 5.41) is 11.1. The molecule has 1 aromatic heterocycles. The lowest BCUT2D eigenvalue weighted by Gasteiger charge is -2.08. The summed E-state index contributed by atoms with van der Waals surface area (Å²) in [6, 6.07) is 3.59. The van der Waals surface area contributed by atoms with Crippen molar-refractivity contribution in [2.45, 2.75) is 0 Å². The van der Waals surface area contributed by atoms with Crippen LogP contribution in [-0.2, 0) is 0 Å². The lowest BCUT2D eigenvalue weighted by Crippen LogP contribution is -2.27. The Bertz CT molecular complexity index is 811. The van der Waals surface area contributed by atoms with Crippen LogP contribution in [0.5, 0.6) is 0 Å². The summed E-state index contributed by atoms with van der Waals surface area (Å²) in [4.78, 5) is 48.9. The van der Waals surface area contributed by atoms with Gasteiger partial charge in [-0.25, -0.2) is 14.0 Å². The predicted octanol–water partition coefficient (Wildman–Crippen LogP) is 0.153. The van der Waals surface area contributed by atoms with Gasteiger partial charge in [0.15, 0.2) is 0 Å². The molecule has 0 radical (unpaired) electrons. The van der Waals surface area contributed by atoms with E-state index < -0.39 is 34.5 Å². The molecule has 8 nitrogen and oxygen atoms in total. The van der Waals surface area contributed by atoms with Crippen LogP contribution >= 0.6 is 0 Å². The maximum atomic E-state index is 13.0. The minimum atomic E-state index is -1.44. The van der Waals surface area contributed by atoms with Crippen LogP contribution < -0.4 is 16.6 Å². The molecule has 2 aromatic rings. The number of carboxylic acid groups (broad SMARTS) is 1. The average Bonchev–Trinajstić information content (AvgIpc) is 2.39. The Balaban J connectivity index is 2.38. The number of anilines is 1. The molecule has 4 N–H and O–H groups in total. The Kier molecular flexibility index (Phi) is 3.65. The maximum Gasteiger partial charge on any atom is 0.337 e. The number of aromatic nitrogens is 2. The number of benzene rings is 1. The highest BCUT2D eigenvalue weighted by molar-refractivity contribution is 6.06. The molecule has 0 bridgehead atoms. The quantitative estimate of drug-likeness (QED) is 0.639. The van der Waals surface area contributed by atoms with Gasteiger partial charge in [0.25, 0.3) is 11.5 Å². The number of carboxylic acids is 1. The number of rotatable bonds is 3. The molecule has 0 saturated carbocycles. The van der Waals surface area contributed by atoms with E-state index in [0.29, 0.717) is 0 Å². The zero-order valence-corrected chi connectivity index (χ0v) is 10.3. The number of hydrogen-bond donors (Lipinski definition) is 4. The van der Waals surface area contributed by atoms with Crippen LogP contribution in [0.3, 0.4) is 0 Å². The Hall–Kier alpha value is -3.23. The SMILES string of the molecule is O=C(Nc1ccc(F)cc1C(=O)O)c1cc(=O)[nH]c(=O)[nH]1. The van der Waals surface area contributed by atoms with E-state index in [0.717, 1.165) is 24.3 Å². The van der Waals surface area contributed by atoms with Crippen molar-refractivity contribution < 1.29 is 19.1 Å². The molecule has 0 aliphatic heterocycles. The van der Waals surface area contributed by atoms with Crippen LogP contribution in [0.1, 0.15) is 20.8 Å². The van der Waals surface area contributed by atoms with Crippen molar-refractivity contribution >= 4 is 17.6 Å². The third-order valence-corrected chi connectivity index (χ3v) is 2.47. The van der Waals surface area contributed by atoms with Gasteiger partial charge in [0.05, 0.1) is 11.3 Å². The highest BCUT2D eigenvalue weighted by Gasteiger charge is 2.15. The molecule has 2 rings (SSSR count). The molecule has 0 fully saturated rings. The average molecular weight is 293 g/mol.